The Hall–Kier alpha value is -4.13. The SMILES string of the molecule is C[C@H](NC(=O)CC[C@H](NC(=O)OCc1ccccc1)C(=O)OCc1ccccc1)c1ccccc1. The molecule has 0 heterocycles. The average molecular weight is 475 g/mol. The molecule has 0 saturated carbocycles. The Bertz CT molecular complexity index is 1070. The zero-order valence-electron chi connectivity index (χ0n) is 19.7. The molecule has 0 spiro atoms. The maximum atomic E-state index is 12.8. The summed E-state index contributed by atoms with van der Waals surface area (Å²) >= 11 is 0. The van der Waals surface area contributed by atoms with Crippen LogP contribution in [0, 0.1) is 0 Å². The number of esters is 1. The van der Waals surface area contributed by atoms with Gasteiger partial charge in [0.25, 0.3) is 0 Å². The molecule has 0 bridgehead atoms. The number of hydrogen-bond donors (Lipinski definition) is 2. The number of carbonyl (C=O) groups is 3. The topological polar surface area (TPSA) is 93.7 Å². The molecule has 3 aromatic rings. The minimum absolute atomic E-state index is 0.0290. The molecule has 0 fully saturated rings. The Morgan fingerprint density at radius 2 is 1.23 bits per heavy atom. The van der Waals surface area contributed by atoms with Gasteiger partial charge in [0.15, 0.2) is 0 Å². The molecule has 2 amide bonds. The van der Waals surface area contributed by atoms with E-state index in [0.717, 1.165) is 16.7 Å². The van der Waals surface area contributed by atoms with Crippen molar-refractivity contribution in [3.05, 3.63) is 108 Å². The van der Waals surface area contributed by atoms with Crippen LogP contribution in [-0.4, -0.2) is 24.0 Å². The molecule has 0 radical (unpaired) electrons. The average Bonchev–Trinajstić information content (AvgIpc) is 2.90. The first kappa shape index (κ1) is 25.5. The molecule has 0 aliphatic heterocycles. The smallest absolute Gasteiger partial charge is 0.408 e. The Morgan fingerprint density at radius 3 is 1.80 bits per heavy atom. The number of ether oxygens (including phenoxy) is 2. The van der Waals surface area contributed by atoms with Crippen molar-refractivity contribution in [2.45, 2.75) is 45.1 Å². The number of rotatable bonds is 11. The van der Waals surface area contributed by atoms with Crippen LogP contribution in [0.2, 0.25) is 0 Å². The van der Waals surface area contributed by atoms with Crippen LogP contribution >= 0.6 is 0 Å². The van der Waals surface area contributed by atoms with Crippen LogP contribution in [0.5, 0.6) is 0 Å². The van der Waals surface area contributed by atoms with Crippen molar-refractivity contribution in [3.63, 3.8) is 0 Å². The summed E-state index contributed by atoms with van der Waals surface area (Å²) < 4.78 is 10.6. The molecular formula is C28H30N2O5. The van der Waals surface area contributed by atoms with Gasteiger partial charge >= 0.3 is 12.1 Å². The number of alkyl carbamates (subject to hydrolysis) is 1. The van der Waals surface area contributed by atoms with Crippen molar-refractivity contribution < 1.29 is 23.9 Å². The van der Waals surface area contributed by atoms with Crippen LogP contribution in [0.1, 0.15) is 42.5 Å². The lowest BCUT2D eigenvalue weighted by Gasteiger charge is -2.19. The van der Waals surface area contributed by atoms with Gasteiger partial charge in [-0.3, -0.25) is 4.79 Å². The molecule has 0 aliphatic rings. The lowest BCUT2D eigenvalue weighted by Crippen LogP contribution is -2.43. The minimum Gasteiger partial charge on any atom is -0.459 e. The third-order valence-corrected chi connectivity index (χ3v) is 5.35. The Labute approximate surface area is 205 Å². The van der Waals surface area contributed by atoms with E-state index in [0.29, 0.717) is 0 Å². The summed E-state index contributed by atoms with van der Waals surface area (Å²) in [6.45, 7) is 2.01. The van der Waals surface area contributed by atoms with Crippen LogP contribution in [0.3, 0.4) is 0 Å². The first-order valence-electron chi connectivity index (χ1n) is 11.5. The summed E-state index contributed by atoms with van der Waals surface area (Å²) in [6.07, 6.45) is -0.656. The standard InChI is InChI=1S/C28H30N2O5/c1-21(24-15-9-4-10-16-24)29-26(31)18-17-25(27(32)34-19-22-11-5-2-6-12-22)30-28(33)35-20-23-13-7-3-8-14-23/h2-16,21,25H,17-20H2,1H3,(H,29,31)(H,30,33)/t21-,25-/m0/s1. The summed E-state index contributed by atoms with van der Waals surface area (Å²) in [5, 5.41) is 5.46. The highest BCUT2D eigenvalue weighted by Gasteiger charge is 2.24. The highest BCUT2D eigenvalue weighted by molar-refractivity contribution is 5.83. The van der Waals surface area contributed by atoms with Crippen molar-refractivity contribution in [2.24, 2.45) is 0 Å². The second-order valence-corrected chi connectivity index (χ2v) is 8.09. The fraction of sp³-hybridized carbons (Fsp3) is 0.250. The van der Waals surface area contributed by atoms with E-state index in [9.17, 15) is 14.4 Å². The van der Waals surface area contributed by atoms with Crippen LogP contribution < -0.4 is 10.6 Å². The van der Waals surface area contributed by atoms with Gasteiger partial charge in [-0.05, 0) is 30.0 Å². The Morgan fingerprint density at radius 1 is 0.714 bits per heavy atom. The van der Waals surface area contributed by atoms with E-state index < -0.39 is 18.1 Å². The van der Waals surface area contributed by atoms with E-state index in [2.05, 4.69) is 10.6 Å². The van der Waals surface area contributed by atoms with Crippen LogP contribution in [-0.2, 0) is 32.3 Å². The second-order valence-electron chi connectivity index (χ2n) is 8.09. The van der Waals surface area contributed by atoms with Gasteiger partial charge in [-0.2, -0.15) is 0 Å². The van der Waals surface area contributed by atoms with Gasteiger partial charge in [0.05, 0.1) is 6.04 Å². The molecule has 3 rings (SSSR count). The summed E-state index contributed by atoms with van der Waals surface area (Å²) in [5.41, 5.74) is 2.61. The molecule has 7 heteroatoms. The van der Waals surface area contributed by atoms with Crippen LogP contribution in [0.15, 0.2) is 91.0 Å². The lowest BCUT2D eigenvalue weighted by molar-refractivity contribution is -0.147. The molecule has 0 aromatic heterocycles. The molecule has 35 heavy (non-hydrogen) atoms. The molecule has 0 aliphatic carbocycles. The zero-order chi connectivity index (χ0) is 24.9. The molecule has 0 saturated heterocycles. The number of carbonyl (C=O) groups excluding carboxylic acids is 3. The zero-order valence-corrected chi connectivity index (χ0v) is 19.7. The monoisotopic (exact) mass is 474 g/mol. The van der Waals surface area contributed by atoms with Crippen LogP contribution in [0.25, 0.3) is 0 Å². The van der Waals surface area contributed by atoms with Gasteiger partial charge in [0.2, 0.25) is 5.91 Å². The fourth-order valence-electron chi connectivity index (χ4n) is 3.40. The second kappa shape index (κ2) is 13.5. The predicted molar refractivity (Wildman–Crippen MR) is 132 cm³/mol. The Kier molecular flexibility index (Phi) is 9.87. The number of amides is 2. The van der Waals surface area contributed by atoms with Gasteiger partial charge in [-0.1, -0.05) is 91.0 Å². The van der Waals surface area contributed by atoms with Crippen molar-refractivity contribution in [3.8, 4) is 0 Å². The van der Waals surface area contributed by atoms with E-state index >= 15 is 0 Å². The number of hydrogen-bond acceptors (Lipinski definition) is 5. The highest BCUT2D eigenvalue weighted by Crippen LogP contribution is 2.12. The highest BCUT2D eigenvalue weighted by atomic mass is 16.6. The molecule has 182 valence electrons. The van der Waals surface area contributed by atoms with E-state index in [1.807, 2.05) is 97.9 Å². The number of benzene rings is 3. The van der Waals surface area contributed by atoms with Gasteiger partial charge in [-0.15, -0.1) is 0 Å². The molecule has 7 nitrogen and oxygen atoms in total. The van der Waals surface area contributed by atoms with E-state index in [1.165, 1.54) is 0 Å². The largest absolute Gasteiger partial charge is 0.459 e. The van der Waals surface area contributed by atoms with Crippen LogP contribution in [0.4, 0.5) is 4.79 Å². The first-order chi connectivity index (χ1) is 17.0. The Balaban J connectivity index is 1.55. The van der Waals surface area contributed by atoms with Gasteiger partial charge in [0.1, 0.15) is 19.3 Å². The fourth-order valence-corrected chi connectivity index (χ4v) is 3.40. The number of nitrogens with one attached hydrogen (secondary N) is 2. The molecule has 2 atom stereocenters. The van der Waals surface area contributed by atoms with Crippen molar-refractivity contribution in [1.82, 2.24) is 10.6 Å². The first-order valence-corrected chi connectivity index (χ1v) is 11.5. The summed E-state index contributed by atoms with van der Waals surface area (Å²) in [7, 11) is 0. The predicted octanol–water partition coefficient (Wildman–Crippen LogP) is 4.68. The maximum Gasteiger partial charge on any atom is 0.408 e. The van der Waals surface area contributed by atoms with Gasteiger partial charge < -0.3 is 20.1 Å². The quantitative estimate of drug-likeness (QED) is 0.394. The van der Waals surface area contributed by atoms with E-state index in [4.69, 9.17) is 9.47 Å². The van der Waals surface area contributed by atoms with E-state index in [-0.39, 0.29) is 38.0 Å². The molecule has 0 unspecified atom stereocenters. The molecule has 2 N–H and O–H groups in total. The van der Waals surface area contributed by atoms with Gasteiger partial charge in [-0.25, -0.2) is 9.59 Å². The molecule has 3 aromatic carbocycles. The van der Waals surface area contributed by atoms with Crippen molar-refractivity contribution >= 4 is 18.0 Å². The molecular weight excluding hydrogens is 444 g/mol. The summed E-state index contributed by atoms with van der Waals surface area (Å²) in [6, 6.07) is 26.8. The van der Waals surface area contributed by atoms with E-state index in [1.54, 1.807) is 0 Å². The third kappa shape index (κ3) is 8.97. The minimum atomic E-state index is -1.03. The van der Waals surface area contributed by atoms with Gasteiger partial charge in [0, 0.05) is 6.42 Å². The normalized spacial score (nSPS) is 12.1. The third-order valence-electron chi connectivity index (χ3n) is 5.35. The maximum absolute atomic E-state index is 12.8. The van der Waals surface area contributed by atoms with Crippen molar-refractivity contribution in [1.29, 1.82) is 0 Å². The summed E-state index contributed by atoms with van der Waals surface area (Å²) in [5.74, 6) is -0.865. The lowest BCUT2D eigenvalue weighted by atomic mass is 10.1. The summed E-state index contributed by atoms with van der Waals surface area (Å²) in [4.78, 5) is 37.7. The van der Waals surface area contributed by atoms with Crippen molar-refractivity contribution in [2.75, 3.05) is 0 Å².